The highest BCUT2D eigenvalue weighted by molar-refractivity contribution is 7.13. The van der Waals surface area contributed by atoms with Crippen molar-refractivity contribution in [3.8, 4) is 0 Å². The van der Waals surface area contributed by atoms with Crippen LogP contribution >= 0.6 is 11.3 Å². The van der Waals surface area contributed by atoms with Gasteiger partial charge in [-0.15, -0.1) is 11.3 Å². The highest BCUT2D eigenvalue weighted by atomic mass is 32.1. The van der Waals surface area contributed by atoms with E-state index < -0.39 is 0 Å². The van der Waals surface area contributed by atoms with Crippen LogP contribution in [0.5, 0.6) is 0 Å². The normalized spacial score (nSPS) is 19.0. The second kappa shape index (κ2) is 7.20. The van der Waals surface area contributed by atoms with Crippen molar-refractivity contribution in [1.29, 1.82) is 0 Å². The molecule has 3 rings (SSSR count). The fourth-order valence-corrected chi connectivity index (χ4v) is 3.22. The van der Waals surface area contributed by atoms with Gasteiger partial charge in [0.25, 0.3) is 0 Å². The molecule has 2 aromatic heterocycles. The molecule has 0 spiro atoms. The molecule has 124 valence electrons. The Morgan fingerprint density at radius 1 is 1.57 bits per heavy atom. The maximum Gasteiger partial charge on any atom is 0.242 e. The zero-order valence-electron chi connectivity index (χ0n) is 13.4. The maximum absolute atomic E-state index is 12.4. The number of aromatic nitrogens is 3. The number of hydrogen-bond acceptors (Lipinski definition) is 6. The first-order valence-electron chi connectivity index (χ1n) is 7.61. The molecule has 23 heavy (non-hydrogen) atoms. The van der Waals surface area contributed by atoms with Crippen LogP contribution < -0.4 is 4.90 Å². The number of anilines is 1. The molecule has 0 N–H and O–H groups in total. The van der Waals surface area contributed by atoms with Crippen molar-refractivity contribution >= 4 is 22.4 Å². The minimum atomic E-state index is 0.0514. The highest BCUT2D eigenvalue weighted by Gasteiger charge is 2.24. The van der Waals surface area contributed by atoms with Gasteiger partial charge < -0.3 is 4.74 Å². The van der Waals surface area contributed by atoms with Crippen molar-refractivity contribution in [1.82, 2.24) is 19.7 Å². The summed E-state index contributed by atoms with van der Waals surface area (Å²) in [6, 6.07) is 0. The molecule has 1 amide bonds. The Balaban J connectivity index is 1.53. The fourth-order valence-electron chi connectivity index (χ4n) is 2.60. The first-order valence-corrected chi connectivity index (χ1v) is 8.49. The zero-order valence-corrected chi connectivity index (χ0v) is 14.2. The number of ether oxygens (including phenoxy) is 1. The summed E-state index contributed by atoms with van der Waals surface area (Å²) in [4.78, 5) is 20.3. The summed E-state index contributed by atoms with van der Waals surface area (Å²) in [5, 5.41) is 6.89. The quantitative estimate of drug-likeness (QED) is 0.816. The molecule has 7 nitrogen and oxygen atoms in total. The topological polar surface area (TPSA) is 63.5 Å². The van der Waals surface area contributed by atoms with Crippen molar-refractivity contribution in [2.45, 2.75) is 19.6 Å². The number of aryl methyl sites for hydroxylation is 1. The minimum Gasteiger partial charge on any atom is -0.374 e. The predicted octanol–water partition coefficient (Wildman–Crippen LogP) is 1.01. The van der Waals surface area contributed by atoms with E-state index in [1.165, 1.54) is 11.3 Å². The van der Waals surface area contributed by atoms with E-state index in [1.807, 2.05) is 29.4 Å². The van der Waals surface area contributed by atoms with Crippen molar-refractivity contribution < 1.29 is 9.53 Å². The van der Waals surface area contributed by atoms with E-state index in [4.69, 9.17) is 4.74 Å². The summed E-state index contributed by atoms with van der Waals surface area (Å²) >= 11 is 1.47. The molecule has 1 fully saturated rings. The minimum absolute atomic E-state index is 0.0514. The molecule has 1 aliphatic rings. The van der Waals surface area contributed by atoms with Crippen LogP contribution in [0, 0.1) is 6.92 Å². The first kappa shape index (κ1) is 16.1. The average molecular weight is 335 g/mol. The molecule has 1 aliphatic heterocycles. The second-order valence-corrected chi connectivity index (χ2v) is 6.61. The standard InChI is InChI=1S/C15H21N5O2S/c1-12-7-17-20(8-12)10-13-9-19(4-5-22-13)11-14(21)18(2)15-16-3-6-23-15/h3,6-8,13H,4-5,9-11H2,1-2H3/t13-/m0/s1. The number of nitrogens with zero attached hydrogens (tertiary/aromatic N) is 5. The van der Waals surface area contributed by atoms with Crippen LogP contribution in [0.1, 0.15) is 5.56 Å². The highest BCUT2D eigenvalue weighted by Crippen LogP contribution is 2.16. The Labute approximate surface area is 139 Å². The smallest absolute Gasteiger partial charge is 0.242 e. The molecule has 0 unspecified atom stereocenters. The molecule has 8 heteroatoms. The third-order valence-corrected chi connectivity index (χ3v) is 4.66. The number of carbonyl (C=O) groups is 1. The van der Waals surface area contributed by atoms with Crippen molar-refractivity contribution in [3.05, 3.63) is 29.5 Å². The summed E-state index contributed by atoms with van der Waals surface area (Å²) in [7, 11) is 1.77. The molecule has 1 atom stereocenters. The van der Waals surface area contributed by atoms with Gasteiger partial charge in [0.1, 0.15) is 0 Å². The van der Waals surface area contributed by atoms with Crippen molar-refractivity contribution in [2.24, 2.45) is 0 Å². The molecule has 1 saturated heterocycles. The van der Waals surface area contributed by atoms with Gasteiger partial charge in [0.15, 0.2) is 5.13 Å². The number of hydrogen-bond donors (Lipinski definition) is 0. The summed E-state index contributed by atoms with van der Waals surface area (Å²) in [5.74, 6) is 0.0514. The fraction of sp³-hybridized carbons (Fsp3) is 0.533. The largest absolute Gasteiger partial charge is 0.374 e. The predicted molar refractivity (Wildman–Crippen MR) is 88.7 cm³/mol. The van der Waals surface area contributed by atoms with Crippen LogP contribution in [0.25, 0.3) is 0 Å². The molecule has 3 heterocycles. The van der Waals surface area contributed by atoms with E-state index in [1.54, 1.807) is 18.1 Å². The number of likely N-dealkylation sites (N-methyl/N-ethyl adjacent to an activating group) is 1. The molecule has 0 bridgehead atoms. The van der Waals surface area contributed by atoms with Gasteiger partial charge in [-0.25, -0.2) is 4.98 Å². The zero-order chi connectivity index (χ0) is 16.2. The Kier molecular flexibility index (Phi) is 5.04. The van der Waals surface area contributed by atoms with E-state index in [9.17, 15) is 4.79 Å². The van der Waals surface area contributed by atoms with Gasteiger partial charge in [0.05, 0.1) is 32.0 Å². The van der Waals surface area contributed by atoms with Crippen LogP contribution in [0.4, 0.5) is 5.13 Å². The number of morpholine rings is 1. The van der Waals surface area contributed by atoms with Gasteiger partial charge in [-0.2, -0.15) is 5.10 Å². The lowest BCUT2D eigenvalue weighted by molar-refractivity contribution is -0.121. The van der Waals surface area contributed by atoms with Gasteiger partial charge in [-0.1, -0.05) is 0 Å². The lowest BCUT2D eigenvalue weighted by atomic mass is 10.2. The van der Waals surface area contributed by atoms with Gasteiger partial charge in [-0.3, -0.25) is 19.3 Å². The third kappa shape index (κ3) is 4.15. The molecule has 2 aromatic rings. The molecular weight excluding hydrogens is 314 g/mol. The molecule has 0 aliphatic carbocycles. The van der Waals surface area contributed by atoms with E-state index in [0.717, 1.165) is 23.8 Å². The van der Waals surface area contributed by atoms with Crippen LogP contribution in [0.15, 0.2) is 24.0 Å². The summed E-state index contributed by atoms with van der Waals surface area (Å²) in [6.45, 7) is 5.25. The Morgan fingerprint density at radius 2 is 2.43 bits per heavy atom. The third-order valence-electron chi connectivity index (χ3n) is 3.82. The van der Waals surface area contributed by atoms with Gasteiger partial charge >= 0.3 is 0 Å². The average Bonchev–Trinajstić information content (AvgIpc) is 3.19. The summed E-state index contributed by atoms with van der Waals surface area (Å²) in [5.41, 5.74) is 1.14. The van der Waals surface area contributed by atoms with Crippen molar-refractivity contribution in [2.75, 3.05) is 38.2 Å². The molecule has 0 saturated carbocycles. The van der Waals surface area contributed by atoms with Crippen LogP contribution in [0.3, 0.4) is 0 Å². The first-order chi connectivity index (χ1) is 11.1. The summed E-state index contributed by atoms with van der Waals surface area (Å²) in [6.07, 6.45) is 5.61. The number of carbonyl (C=O) groups excluding carboxylic acids is 1. The van der Waals surface area contributed by atoms with Gasteiger partial charge in [-0.05, 0) is 12.5 Å². The van der Waals surface area contributed by atoms with Crippen LogP contribution in [-0.2, 0) is 16.1 Å². The van der Waals surface area contributed by atoms with Crippen LogP contribution in [0.2, 0.25) is 0 Å². The van der Waals surface area contributed by atoms with Crippen LogP contribution in [-0.4, -0.2) is 65.0 Å². The van der Waals surface area contributed by atoms with E-state index in [-0.39, 0.29) is 12.0 Å². The lowest BCUT2D eigenvalue weighted by Gasteiger charge is -2.33. The lowest BCUT2D eigenvalue weighted by Crippen LogP contribution is -2.48. The Hall–Kier alpha value is -1.77. The number of rotatable bonds is 5. The number of thiazole rings is 1. The second-order valence-electron chi connectivity index (χ2n) is 5.74. The van der Waals surface area contributed by atoms with E-state index in [2.05, 4.69) is 15.0 Å². The number of amides is 1. The van der Waals surface area contributed by atoms with E-state index >= 15 is 0 Å². The Morgan fingerprint density at radius 3 is 3.13 bits per heavy atom. The van der Waals surface area contributed by atoms with E-state index in [0.29, 0.717) is 19.7 Å². The van der Waals surface area contributed by atoms with Gasteiger partial charge in [0.2, 0.25) is 5.91 Å². The summed E-state index contributed by atoms with van der Waals surface area (Å²) < 4.78 is 7.69. The maximum atomic E-state index is 12.4. The Bertz CT molecular complexity index is 642. The molecular formula is C15H21N5O2S. The van der Waals surface area contributed by atoms with Crippen molar-refractivity contribution in [3.63, 3.8) is 0 Å². The monoisotopic (exact) mass is 335 g/mol. The molecule has 0 aromatic carbocycles. The van der Waals surface area contributed by atoms with Gasteiger partial charge in [0, 0.05) is 37.9 Å². The SMILES string of the molecule is Cc1cnn(C[C@@H]2CN(CC(=O)N(C)c3nccs3)CCO2)c1. The molecule has 0 radical (unpaired) electrons.